The number of phosphoric acid groups is 1. The van der Waals surface area contributed by atoms with Crippen molar-refractivity contribution in [2.24, 2.45) is 0 Å². The molecular formula is C58H114N2O6P+. The van der Waals surface area contributed by atoms with Gasteiger partial charge in [0, 0.05) is 6.42 Å². The van der Waals surface area contributed by atoms with Gasteiger partial charge in [-0.2, -0.15) is 0 Å². The molecule has 0 bridgehead atoms. The highest BCUT2D eigenvalue weighted by Gasteiger charge is 2.27. The zero-order chi connectivity index (χ0) is 49.2. The lowest BCUT2D eigenvalue weighted by molar-refractivity contribution is -0.870. The van der Waals surface area contributed by atoms with Crippen LogP contribution in [0, 0.1) is 0 Å². The van der Waals surface area contributed by atoms with Crippen molar-refractivity contribution in [1.29, 1.82) is 0 Å². The molecule has 8 nitrogen and oxygen atoms in total. The molecule has 0 heterocycles. The fourth-order valence-electron chi connectivity index (χ4n) is 8.53. The average Bonchev–Trinajstić information content (AvgIpc) is 3.29. The maximum Gasteiger partial charge on any atom is 0.472 e. The van der Waals surface area contributed by atoms with Crippen LogP contribution in [-0.4, -0.2) is 73.4 Å². The van der Waals surface area contributed by atoms with E-state index in [1.165, 1.54) is 205 Å². The number of carbonyl (C=O) groups excluding carboxylic acids is 1. The fourth-order valence-corrected chi connectivity index (χ4v) is 9.27. The fraction of sp³-hybridized carbons (Fsp3) is 0.879. The number of quaternary nitrogens is 1. The first kappa shape index (κ1) is 65.7. The van der Waals surface area contributed by atoms with E-state index in [1.807, 2.05) is 27.2 Å². The molecule has 0 aliphatic rings. The van der Waals surface area contributed by atoms with Crippen molar-refractivity contribution in [2.45, 2.75) is 289 Å². The molecule has 0 spiro atoms. The molecule has 0 saturated carbocycles. The van der Waals surface area contributed by atoms with Crippen molar-refractivity contribution in [3.05, 3.63) is 36.5 Å². The molecule has 0 saturated heterocycles. The molecule has 9 heteroatoms. The minimum absolute atomic E-state index is 0.0547. The van der Waals surface area contributed by atoms with Crippen molar-refractivity contribution in [2.75, 3.05) is 40.9 Å². The monoisotopic (exact) mass is 966 g/mol. The Balaban J connectivity index is 3.96. The van der Waals surface area contributed by atoms with E-state index in [2.05, 4.69) is 43.5 Å². The van der Waals surface area contributed by atoms with E-state index in [4.69, 9.17) is 9.05 Å². The molecule has 0 aliphatic carbocycles. The third-order valence-electron chi connectivity index (χ3n) is 13.1. The minimum atomic E-state index is -4.35. The van der Waals surface area contributed by atoms with Crippen molar-refractivity contribution < 1.29 is 32.9 Å². The first-order valence-corrected chi connectivity index (χ1v) is 30.4. The van der Waals surface area contributed by atoms with E-state index in [-0.39, 0.29) is 19.1 Å². The van der Waals surface area contributed by atoms with Crippen LogP contribution in [0.5, 0.6) is 0 Å². The van der Waals surface area contributed by atoms with Crippen molar-refractivity contribution in [3.8, 4) is 0 Å². The molecule has 0 aromatic heterocycles. The van der Waals surface area contributed by atoms with Gasteiger partial charge in [-0.05, 0) is 38.5 Å². The predicted octanol–water partition coefficient (Wildman–Crippen LogP) is 17.4. The maximum absolute atomic E-state index is 12.9. The Morgan fingerprint density at radius 3 is 1.18 bits per heavy atom. The largest absolute Gasteiger partial charge is 0.472 e. The topological polar surface area (TPSA) is 105 Å². The lowest BCUT2D eigenvalue weighted by atomic mass is 10.0. The third-order valence-corrected chi connectivity index (χ3v) is 14.1. The zero-order valence-corrected chi connectivity index (χ0v) is 46.0. The molecule has 0 fully saturated rings. The highest BCUT2D eigenvalue weighted by Crippen LogP contribution is 2.43. The summed E-state index contributed by atoms with van der Waals surface area (Å²) in [6.45, 7) is 4.76. The number of amides is 1. The molecule has 67 heavy (non-hydrogen) atoms. The minimum Gasteiger partial charge on any atom is -0.387 e. The Bertz CT molecular complexity index is 1190. The Morgan fingerprint density at radius 1 is 0.493 bits per heavy atom. The van der Waals surface area contributed by atoms with Crippen LogP contribution in [0.2, 0.25) is 0 Å². The summed E-state index contributed by atoms with van der Waals surface area (Å²) < 4.78 is 23.6. The first-order valence-electron chi connectivity index (χ1n) is 28.9. The second-order valence-electron chi connectivity index (χ2n) is 21.0. The molecule has 0 rings (SSSR count). The van der Waals surface area contributed by atoms with Crippen LogP contribution in [-0.2, 0) is 18.4 Å². The average molecular weight is 967 g/mol. The quantitative estimate of drug-likeness (QED) is 0.0243. The lowest BCUT2D eigenvalue weighted by Crippen LogP contribution is -2.45. The number of hydrogen-bond acceptors (Lipinski definition) is 5. The second-order valence-corrected chi connectivity index (χ2v) is 22.5. The van der Waals surface area contributed by atoms with Gasteiger partial charge in [0.1, 0.15) is 13.2 Å². The molecule has 3 N–H and O–H groups in total. The highest BCUT2D eigenvalue weighted by atomic mass is 31.2. The number of aliphatic hydroxyl groups is 1. The van der Waals surface area contributed by atoms with Gasteiger partial charge < -0.3 is 19.8 Å². The summed E-state index contributed by atoms with van der Waals surface area (Å²) in [4.78, 5) is 23.2. The molecule has 396 valence electrons. The Kier molecular flexibility index (Phi) is 48.7. The summed E-state index contributed by atoms with van der Waals surface area (Å²) in [5.41, 5.74) is 0. The number of likely N-dealkylation sites (N-methyl/N-ethyl adjacent to an activating group) is 1. The molecule has 3 atom stereocenters. The molecule has 1 amide bonds. The number of rotatable bonds is 53. The first-order chi connectivity index (χ1) is 32.5. The number of phosphoric ester groups is 1. The lowest BCUT2D eigenvalue weighted by Gasteiger charge is -2.25. The van der Waals surface area contributed by atoms with Crippen LogP contribution in [0.4, 0.5) is 0 Å². The van der Waals surface area contributed by atoms with Gasteiger partial charge in [-0.1, -0.05) is 269 Å². The summed E-state index contributed by atoms with van der Waals surface area (Å²) in [5, 5.41) is 13.8. The molecule has 0 aliphatic heterocycles. The predicted molar refractivity (Wildman–Crippen MR) is 291 cm³/mol. The normalized spacial score (nSPS) is 14.2. The Hall–Kier alpha value is -1.28. The van der Waals surface area contributed by atoms with E-state index in [1.54, 1.807) is 6.08 Å². The van der Waals surface area contributed by atoms with Crippen LogP contribution in [0.25, 0.3) is 0 Å². The Labute approximate surface area is 417 Å². The second kappa shape index (κ2) is 49.7. The van der Waals surface area contributed by atoms with Gasteiger partial charge in [-0.15, -0.1) is 0 Å². The van der Waals surface area contributed by atoms with Crippen molar-refractivity contribution in [1.82, 2.24) is 5.32 Å². The number of unbranched alkanes of at least 4 members (excludes halogenated alkanes) is 36. The van der Waals surface area contributed by atoms with Crippen LogP contribution >= 0.6 is 7.82 Å². The van der Waals surface area contributed by atoms with Crippen LogP contribution < -0.4 is 5.32 Å². The summed E-state index contributed by atoms with van der Waals surface area (Å²) in [5.74, 6) is -0.188. The van der Waals surface area contributed by atoms with Gasteiger partial charge in [0.2, 0.25) is 5.91 Å². The van der Waals surface area contributed by atoms with Crippen molar-refractivity contribution >= 4 is 13.7 Å². The number of allylic oxidation sites excluding steroid dienone is 5. The van der Waals surface area contributed by atoms with Crippen molar-refractivity contribution in [3.63, 3.8) is 0 Å². The molecule has 0 radical (unpaired) electrons. The van der Waals surface area contributed by atoms with Gasteiger partial charge in [-0.25, -0.2) is 4.57 Å². The van der Waals surface area contributed by atoms with E-state index >= 15 is 0 Å². The number of nitrogens with zero attached hydrogens (tertiary/aromatic N) is 1. The third kappa shape index (κ3) is 52.4. The van der Waals surface area contributed by atoms with E-state index in [9.17, 15) is 19.4 Å². The summed E-state index contributed by atoms with van der Waals surface area (Å²) >= 11 is 0. The molecule has 0 aromatic rings. The smallest absolute Gasteiger partial charge is 0.387 e. The van der Waals surface area contributed by atoms with Crippen LogP contribution in [0.3, 0.4) is 0 Å². The number of nitrogens with one attached hydrogen (secondary N) is 1. The summed E-state index contributed by atoms with van der Waals surface area (Å²) in [7, 11) is 1.55. The highest BCUT2D eigenvalue weighted by molar-refractivity contribution is 7.47. The molecule has 0 aromatic carbocycles. The standard InChI is InChI=1S/C58H113N2O6P/c1-6-8-10-12-14-16-18-20-21-22-23-24-25-26-27-28-29-30-31-32-33-34-35-36-37-38-39-40-42-44-46-48-50-52-58(62)59-56(55-66-67(63,64)65-54-53-60(3,4)5)57(61)51-49-47-45-43-41-19-17-15-13-11-9-7-2/h13,15,41,43,49,51,56-57,61H,6-12,14,16-40,42,44-48,50,52-55H2,1-5H3,(H-,59,62,63,64)/p+1/b15-13+,43-41+,51-49+. The van der Waals surface area contributed by atoms with Gasteiger partial charge in [0.05, 0.1) is 39.9 Å². The van der Waals surface area contributed by atoms with Gasteiger partial charge in [-0.3, -0.25) is 13.8 Å². The number of aliphatic hydroxyl groups excluding tert-OH is 1. The number of hydrogen-bond donors (Lipinski definition) is 3. The van der Waals surface area contributed by atoms with Gasteiger partial charge in [0.15, 0.2) is 0 Å². The zero-order valence-electron chi connectivity index (χ0n) is 45.2. The van der Waals surface area contributed by atoms with Gasteiger partial charge in [0.25, 0.3) is 0 Å². The van der Waals surface area contributed by atoms with Crippen LogP contribution in [0.15, 0.2) is 36.5 Å². The molecular weight excluding hydrogens is 852 g/mol. The SMILES string of the molecule is CCCC/C=C/CC/C=C/CC/C=C/C(O)C(COP(=O)(O)OCC[N+](C)(C)C)NC(=O)CCCCCCCCCCCCCCCCCCCCCCCCCCCCCCCCCCC. The molecule has 3 unspecified atom stereocenters. The van der Waals surface area contributed by atoms with Gasteiger partial charge >= 0.3 is 7.82 Å². The summed E-state index contributed by atoms with van der Waals surface area (Å²) in [6, 6.07) is -0.866. The maximum atomic E-state index is 12.9. The van der Waals surface area contributed by atoms with E-state index in [0.717, 1.165) is 51.4 Å². The van der Waals surface area contributed by atoms with E-state index < -0.39 is 20.0 Å². The Morgan fingerprint density at radius 2 is 0.821 bits per heavy atom. The summed E-state index contributed by atoms with van der Waals surface area (Å²) in [6.07, 6.45) is 64.2. The van der Waals surface area contributed by atoms with E-state index in [0.29, 0.717) is 17.4 Å². The van der Waals surface area contributed by atoms with Crippen LogP contribution in [0.1, 0.15) is 277 Å². The number of carbonyl (C=O) groups is 1.